The summed E-state index contributed by atoms with van der Waals surface area (Å²) in [6, 6.07) is 6.89. The standard InChI is InChI=1S/C18H20N4O3/c1-21-13-14(12-19-21)2-7-17(23)20-16-5-3-15(4-6-16)18(24)22-8-10-25-11-9-22/h2-7,12-13H,8-11H2,1H3,(H,20,23). The van der Waals surface area contributed by atoms with Gasteiger partial charge >= 0.3 is 0 Å². The van der Waals surface area contributed by atoms with Gasteiger partial charge in [0.1, 0.15) is 0 Å². The Balaban J connectivity index is 1.57. The zero-order chi connectivity index (χ0) is 17.6. The Bertz CT molecular complexity index is 774. The van der Waals surface area contributed by atoms with Crippen molar-refractivity contribution in [2.75, 3.05) is 31.6 Å². The molecule has 0 saturated carbocycles. The van der Waals surface area contributed by atoms with Gasteiger partial charge in [-0.2, -0.15) is 5.10 Å². The Morgan fingerprint density at radius 3 is 2.56 bits per heavy atom. The minimum Gasteiger partial charge on any atom is -0.378 e. The summed E-state index contributed by atoms with van der Waals surface area (Å²) >= 11 is 0. The zero-order valence-corrected chi connectivity index (χ0v) is 14.0. The van der Waals surface area contributed by atoms with Gasteiger partial charge in [0.25, 0.3) is 5.91 Å². The van der Waals surface area contributed by atoms with Crippen molar-refractivity contribution in [2.24, 2.45) is 7.05 Å². The summed E-state index contributed by atoms with van der Waals surface area (Å²) in [6.45, 7) is 2.36. The number of amides is 2. The van der Waals surface area contributed by atoms with Gasteiger partial charge in [-0.15, -0.1) is 0 Å². The molecule has 1 aliphatic heterocycles. The van der Waals surface area contributed by atoms with Crippen LogP contribution < -0.4 is 5.32 Å². The predicted octanol–water partition coefficient (Wildman–Crippen LogP) is 1.54. The molecule has 1 aliphatic rings. The Labute approximate surface area is 145 Å². The first kappa shape index (κ1) is 16.9. The SMILES string of the molecule is Cn1cc(C=CC(=O)Nc2ccc(C(=O)N3CCOCC3)cc2)cn1. The van der Waals surface area contributed by atoms with E-state index in [4.69, 9.17) is 4.74 Å². The van der Waals surface area contributed by atoms with Crippen LogP contribution in [0.1, 0.15) is 15.9 Å². The number of hydrogen-bond acceptors (Lipinski definition) is 4. The molecule has 3 rings (SSSR count). The second kappa shape index (κ2) is 7.76. The van der Waals surface area contributed by atoms with Crippen LogP contribution in [0.25, 0.3) is 6.08 Å². The molecule has 0 radical (unpaired) electrons. The minimum atomic E-state index is -0.240. The topological polar surface area (TPSA) is 76.5 Å². The minimum absolute atomic E-state index is 0.0161. The number of aromatic nitrogens is 2. The molecule has 2 aromatic rings. The molecule has 1 saturated heterocycles. The van der Waals surface area contributed by atoms with E-state index in [1.165, 1.54) is 6.08 Å². The second-order valence-electron chi connectivity index (χ2n) is 5.75. The summed E-state index contributed by atoms with van der Waals surface area (Å²) in [5, 5.41) is 6.80. The van der Waals surface area contributed by atoms with Crippen molar-refractivity contribution >= 4 is 23.6 Å². The third-order valence-corrected chi connectivity index (χ3v) is 3.85. The van der Waals surface area contributed by atoms with Gasteiger partial charge in [-0.05, 0) is 30.3 Å². The molecule has 1 N–H and O–H groups in total. The number of hydrogen-bond donors (Lipinski definition) is 1. The van der Waals surface area contributed by atoms with E-state index in [-0.39, 0.29) is 11.8 Å². The van der Waals surface area contributed by atoms with Crippen LogP contribution in [0, 0.1) is 0 Å². The Morgan fingerprint density at radius 1 is 1.20 bits per heavy atom. The summed E-state index contributed by atoms with van der Waals surface area (Å²) in [6.07, 6.45) is 6.63. The summed E-state index contributed by atoms with van der Waals surface area (Å²) in [5.41, 5.74) is 2.09. The summed E-state index contributed by atoms with van der Waals surface area (Å²) in [7, 11) is 1.82. The molecule has 25 heavy (non-hydrogen) atoms. The van der Waals surface area contributed by atoms with Gasteiger partial charge in [0.2, 0.25) is 5.91 Å². The monoisotopic (exact) mass is 340 g/mol. The summed E-state index contributed by atoms with van der Waals surface area (Å²) < 4.78 is 6.92. The number of ether oxygens (including phenoxy) is 1. The molecule has 2 amide bonds. The molecular weight excluding hydrogens is 320 g/mol. The van der Waals surface area contributed by atoms with Crippen LogP contribution in [-0.2, 0) is 16.6 Å². The lowest BCUT2D eigenvalue weighted by Crippen LogP contribution is -2.40. The van der Waals surface area contributed by atoms with E-state index >= 15 is 0 Å². The van der Waals surface area contributed by atoms with Crippen LogP contribution >= 0.6 is 0 Å². The van der Waals surface area contributed by atoms with Crippen molar-refractivity contribution in [3.8, 4) is 0 Å². The number of nitrogens with zero attached hydrogens (tertiary/aromatic N) is 3. The first-order chi connectivity index (χ1) is 12.1. The van der Waals surface area contributed by atoms with Gasteiger partial charge in [-0.1, -0.05) is 0 Å². The van der Waals surface area contributed by atoms with E-state index in [1.54, 1.807) is 46.1 Å². The van der Waals surface area contributed by atoms with Gasteiger partial charge < -0.3 is 15.0 Å². The van der Waals surface area contributed by atoms with Crippen molar-refractivity contribution in [1.29, 1.82) is 0 Å². The van der Waals surface area contributed by atoms with E-state index in [0.29, 0.717) is 37.6 Å². The third kappa shape index (κ3) is 4.54. The van der Waals surface area contributed by atoms with Crippen molar-refractivity contribution in [1.82, 2.24) is 14.7 Å². The van der Waals surface area contributed by atoms with Crippen molar-refractivity contribution in [3.63, 3.8) is 0 Å². The van der Waals surface area contributed by atoms with Gasteiger partial charge in [0.15, 0.2) is 0 Å². The highest BCUT2D eigenvalue weighted by molar-refractivity contribution is 6.02. The molecule has 2 heterocycles. The first-order valence-corrected chi connectivity index (χ1v) is 8.06. The lowest BCUT2D eigenvalue weighted by atomic mass is 10.1. The highest BCUT2D eigenvalue weighted by Gasteiger charge is 2.18. The first-order valence-electron chi connectivity index (χ1n) is 8.06. The lowest BCUT2D eigenvalue weighted by Gasteiger charge is -2.26. The molecule has 0 bridgehead atoms. The van der Waals surface area contributed by atoms with Gasteiger partial charge in [-0.25, -0.2) is 0 Å². The molecule has 0 unspecified atom stereocenters. The Kier molecular flexibility index (Phi) is 5.25. The van der Waals surface area contributed by atoms with Gasteiger partial charge in [0.05, 0.1) is 19.4 Å². The maximum atomic E-state index is 12.4. The average Bonchev–Trinajstić information content (AvgIpc) is 3.06. The number of anilines is 1. The van der Waals surface area contributed by atoms with Crippen LogP contribution in [-0.4, -0.2) is 52.8 Å². The highest BCUT2D eigenvalue weighted by atomic mass is 16.5. The van der Waals surface area contributed by atoms with E-state index in [9.17, 15) is 9.59 Å². The zero-order valence-electron chi connectivity index (χ0n) is 14.0. The predicted molar refractivity (Wildman–Crippen MR) is 94.0 cm³/mol. The fraction of sp³-hybridized carbons (Fsp3) is 0.278. The van der Waals surface area contributed by atoms with E-state index < -0.39 is 0 Å². The molecule has 0 aliphatic carbocycles. The number of morpholine rings is 1. The Morgan fingerprint density at radius 2 is 1.92 bits per heavy atom. The largest absolute Gasteiger partial charge is 0.378 e. The molecule has 0 spiro atoms. The summed E-state index contributed by atoms with van der Waals surface area (Å²) in [4.78, 5) is 26.1. The molecule has 1 fully saturated rings. The molecule has 1 aromatic carbocycles. The molecule has 7 heteroatoms. The number of aryl methyl sites for hydroxylation is 1. The van der Waals surface area contributed by atoms with E-state index in [2.05, 4.69) is 10.4 Å². The van der Waals surface area contributed by atoms with Gasteiger partial charge in [0, 0.05) is 49.2 Å². The van der Waals surface area contributed by atoms with Crippen LogP contribution in [0.5, 0.6) is 0 Å². The highest BCUT2D eigenvalue weighted by Crippen LogP contribution is 2.13. The smallest absolute Gasteiger partial charge is 0.254 e. The van der Waals surface area contributed by atoms with Crippen LogP contribution in [0.3, 0.4) is 0 Å². The average molecular weight is 340 g/mol. The maximum Gasteiger partial charge on any atom is 0.254 e. The van der Waals surface area contributed by atoms with Crippen molar-refractivity contribution < 1.29 is 14.3 Å². The molecule has 1 aromatic heterocycles. The van der Waals surface area contributed by atoms with Crippen LogP contribution in [0.2, 0.25) is 0 Å². The van der Waals surface area contributed by atoms with E-state index in [0.717, 1.165) is 5.56 Å². The number of carbonyl (C=O) groups is 2. The van der Waals surface area contributed by atoms with Gasteiger partial charge in [-0.3, -0.25) is 14.3 Å². The quantitative estimate of drug-likeness (QED) is 0.857. The molecule has 0 atom stereocenters. The summed E-state index contributed by atoms with van der Waals surface area (Å²) in [5.74, 6) is -0.256. The lowest BCUT2D eigenvalue weighted by molar-refractivity contribution is -0.111. The van der Waals surface area contributed by atoms with Crippen LogP contribution in [0.4, 0.5) is 5.69 Å². The molecule has 7 nitrogen and oxygen atoms in total. The number of rotatable bonds is 4. The number of carbonyl (C=O) groups excluding carboxylic acids is 2. The molecule has 130 valence electrons. The third-order valence-electron chi connectivity index (χ3n) is 3.85. The normalized spacial score (nSPS) is 14.7. The molecular formula is C18H20N4O3. The van der Waals surface area contributed by atoms with Crippen molar-refractivity contribution in [2.45, 2.75) is 0 Å². The Hall–Kier alpha value is -2.93. The van der Waals surface area contributed by atoms with Crippen LogP contribution in [0.15, 0.2) is 42.7 Å². The number of benzene rings is 1. The second-order valence-corrected chi connectivity index (χ2v) is 5.75. The maximum absolute atomic E-state index is 12.4. The van der Waals surface area contributed by atoms with E-state index in [1.807, 2.05) is 13.2 Å². The number of nitrogens with one attached hydrogen (secondary N) is 1. The fourth-order valence-corrected chi connectivity index (χ4v) is 2.53. The fourth-order valence-electron chi connectivity index (χ4n) is 2.53. The van der Waals surface area contributed by atoms with Crippen molar-refractivity contribution in [3.05, 3.63) is 53.9 Å².